The van der Waals surface area contributed by atoms with Crippen molar-refractivity contribution in [2.45, 2.75) is 105 Å². The second-order valence-corrected chi connectivity index (χ2v) is 11.5. The van der Waals surface area contributed by atoms with E-state index in [-0.39, 0.29) is 0 Å². The average molecular weight is 432 g/mol. The van der Waals surface area contributed by atoms with Gasteiger partial charge in [0.25, 0.3) is 0 Å². The number of unbranched alkanes of at least 4 members (excludes halogenated alkanes) is 1. The highest BCUT2D eigenvalue weighted by Gasteiger charge is 2.56. The lowest BCUT2D eigenvalue weighted by molar-refractivity contribution is -0.127. The van der Waals surface area contributed by atoms with E-state index in [1.165, 1.54) is 57.8 Å². The Kier molecular flexibility index (Phi) is 7.58. The molecule has 0 aromatic heterocycles. The van der Waals surface area contributed by atoms with Gasteiger partial charge in [-0.15, -0.1) is 0 Å². The van der Waals surface area contributed by atoms with E-state index in [2.05, 4.69) is 39.5 Å². The van der Waals surface area contributed by atoms with Crippen LogP contribution in [0.1, 0.15) is 105 Å². The van der Waals surface area contributed by atoms with Crippen molar-refractivity contribution in [3.05, 3.63) is 11.6 Å². The van der Waals surface area contributed by atoms with Crippen LogP contribution in [-0.4, -0.2) is 17.0 Å². The minimum absolute atomic E-state index is 0.403. The second kappa shape index (κ2) is 9.67. The number of Topliss-reactive ketones (excluding diaryl/α,β-unsaturated/α-hetero) is 1. The molecule has 0 bridgehead atoms. The Labute approximate surface area is 189 Å². The quantitative estimate of drug-likeness (QED) is 0.471. The summed E-state index contributed by atoms with van der Waals surface area (Å²) in [7, 11) is 0. The molecule has 31 heavy (non-hydrogen) atoms. The Balaban J connectivity index is 0.000000628. The van der Waals surface area contributed by atoms with E-state index in [1.807, 2.05) is 5.57 Å². The smallest absolute Gasteiger partial charge is 0.402 e. The minimum atomic E-state index is -1.33. The van der Waals surface area contributed by atoms with Crippen LogP contribution in [0.5, 0.6) is 0 Å². The van der Waals surface area contributed by atoms with Crippen LogP contribution in [0.4, 0.5) is 4.79 Å². The molecule has 4 nitrogen and oxygen atoms in total. The summed E-state index contributed by atoms with van der Waals surface area (Å²) in [5.74, 6) is 4.55. The van der Waals surface area contributed by atoms with Gasteiger partial charge in [0.05, 0.1) is 0 Å². The minimum Gasteiger partial charge on any atom is -0.465 e. The summed E-state index contributed by atoms with van der Waals surface area (Å²) < 4.78 is 0. The van der Waals surface area contributed by atoms with Crippen LogP contribution < -0.4 is 5.73 Å². The number of rotatable bonds is 4. The van der Waals surface area contributed by atoms with Gasteiger partial charge < -0.3 is 10.8 Å². The van der Waals surface area contributed by atoms with E-state index in [9.17, 15) is 4.79 Å². The Morgan fingerprint density at radius 2 is 1.87 bits per heavy atom. The zero-order valence-electron chi connectivity index (χ0n) is 20.3. The number of carbonyl (C=O) groups is 2. The van der Waals surface area contributed by atoms with Crippen LogP contribution in [0.25, 0.3) is 0 Å². The van der Waals surface area contributed by atoms with Gasteiger partial charge in [-0.3, -0.25) is 4.79 Å². The Hall–Kier alpha value is -1.32. The van der Waals surface area contributed by atoms with Crippen LogP contribution in [0.2, 0.25) is 0 Å². The number of amides is 1. The monoisotopic (exact) mass is 431 g/mol. The third kappa shape index (κ3) is 4.73. The van der Waals surface area contributed by atoms with Crippen LogP contribution in [-0.2, 0) is 4.79 Å². The third-order valence-corrected chi connectivity index (χ3v) is 9.91. The summed E-state index contributed by atoms with van der Waals surface area (Å²) in [5.41, 5.74) is 6.81. The van der Waals surface area contributed by atoms with Crippen molar-refractivity contribution in [3.63, 3.8) is 0 Å². The third-order valence-electron chi connectivity index (χ3n) is 9.91. The number of allylic oxidation sites excluding steroid dienone is 2. The van der Waals surface area contributed by atoms with Crippen LogP contribution in [0.15, 0.2) is 11.6 Å². The van der Waals surface area contributed by atoms with Crippen LogP contribution in [0, 0.1) is 40.4 Å². The Morgan fingerprint density at radius 3 is 2.55 bits per heavy atom. The van der Waals surface area contributed by atoms with Crippen molar-refractivity contribution < 1.29 is 14.7 Å². The largest absolute Gasteiger partial charge is 0.465 e. The van der Waals surface area contributed by atoms with Crippen LogP contribution >= 0.6 is 0 Å². The number of hydrogen-bond donors (Lipinski definition) is 2. The maximum absolute atomic E-state index is 12.1. The highest BCUT2D eigenvalue weighted by Crippen LogP contribution is 2.65. The lowest BCUT2D eigenvalue weighted by Gasteiger charge is -2.61. The maximum Gasteiger partial charge on any atom is 0.402 e. The standard InChI is InChI=1S/C26H42O.CH3NO2/c1-5-6-8-18(2)22-9-7-10-23-21-12-11-19-17-20(27)13-15-25(19,3)24(21)14-16-26(22,23)4;2-1(3)4/h12,18-19,22-24H,5-11,13-17H2,1-4H3;2H2,(H,3,4). The number of ketones is 1. The summed E-state index contributed by atoms with van der Waals surface area (Å²) in [5, 5.41) is 7.19. The summed E-state index contributed by atoms with van der Waals surface area (Å²) in [6.07, 6.45) is 16.6. The molecule has 4 aliphatic rings. The predicted octanol–water partition coefficient (Wildman–Crippen LogP) is 6.97. The molecular weight excluding hydrogens is 386 g/mol. The highest BCUT2D eigenvalue weighted by atomic mass is 16.4. The normalized spacial score (nSPS) is 40.3. The molecule has 0 aromatic rings. The maximum atomic E-state index is 12.1. The fourth-order valence-electron chi connectivity index (χ4n) is 8.20. The molecule has 3 N–H and O–H groups in total. The number of hydrogen-bond acceptors (Lipinski definition) is 2. The Bertz CT molecular complexity index is 697. The molecular formula is C27H45NO3. The molecule has 4 aliphatic carbocycles. The molecule has 7 unspecified atom stereocenters. The zero-order chi connectivity index (χ0) is 22.8. The number of primary amides is 1. The molecule has 3 fully saturated rings. The van der Waals surface area contributed by atoms with Crippen molar-refractivity contribution in [3.8, 4) is 0 Å². The fourth-order valence-corrected chi connectivity index (χ4v) is 8.20. The van der Waals surface area contributed by atoms with E-state index < -0.39 is 6.09 Å². The SMILES string of the molecule is CCCCC(C)C1CCCC2C3=CCC4CC(=O)CCC4(C)C3CCC21C.NC(=O)O. The highest BCUT2D eigenvalue weighted by molar-refractivity contribution is 5.79. The number of nitrogens with two attached hydrogens (primary N) is 1. The number of carboxylic acid groups (broad SMARTS) is 1. The zero-order valence-corrected chi connectivity index (χ0v) is 20.3. The molecule has 1 amide bonds. The molecule has 4 rings (SSSR count). The van der Waals surface area contributed by atoms with Gasteiger partial charge >= 0.3 is 6.09 Å². The molecule has 3 saturated carbocycles. The van der Waals surface area contributed by atoms with Gasteiger partial charge in [0.15, 0.2) is 0 Å². The van der Waals surface area contributed by atoms with Gasteiger partial charge in [-0.05, 0) is 78.9 Å². The van der Waals surface area contributed by atoms with Crippen LogP contribution in [0.3, 0.4) is 0 Å². The van der Waals surface area contributed by atoms with Gasteiger partial charge in [-0.1, -0.05) is 65.0 Å². The number of fused-ring (bicyclic) bond motifs is 5. The summed E-state index contributed by atoms with van der Waals surface area (Å²) in [6, 6.07) is 0. The van der Waals surface area contributed by atoms with Gasteiger partial charge in [-0.25, -0.2) is 4.79 Å². The molecule has 0 spiro atoms. The van der Waals surface area contributed by atoms with Crippen molar-refractivity contribution in [2.75, 3.05) is 0 Å². The first-order valence-electron chi connectivity index (χ1n) is 12.8. The van der Waals surface area contributed by atoms with Gasteiger partial charge in [0, 0.05) is 12.8 Å². The van der Waals surface area contributed by atoms with E-state index in [0.29, 0.717) is 22.5 Å². The molecule has 176 valence electrons. The molecule has 7 atom stereocenters. The first-order chi connectivity index (χ1) is 14.6. The molecule has 0 aromatic carbocycles. The molecule has 0 aliphatic heterocycles. The average Bonchev–Trinajstić information content (AvgIpc) is 2.71. The van der Waals surface area contributed by atoms with E-state index in [0.717, 1.165) is 42.9 Å². The lowest BCUT2D eigenvalue weighted by atomic mass is 9.44. The summed E-state index contributed by atoms with van der Waals surface area (Å²) >= 11 is 0. The molecule has 0 saturated heterocycles. The molecule has 4 heteroatoms. The summed E-state index contributed by atoms with van der Waals surface area (Å²) in [4.78, 5) is 20.9. The fraction of sp³-hybridized carbons (Fsp3) is 0.852. The van der Waals surface area contributed by atoms with Crippen molar-refractivity contribution in [1.82, 2.24) is 0 Å². The van der Waals surface area contributed by atoms with Crippen molar-refractivity contribution in [2.24, 2.45) is 46.2 Å². The van der Waals surface area contributed by atoms with Crippen molar-refractivity contribution >= 4 is 11.9 Å². The van der Waals surface area contributed by atoms with Crippen molar-refractivity contribution in [1.29, 1.82) is 0 Å². The van der Waals surface area contributed by atoms with Gasteiger partial charge in [-0.2, -0.15) is 0 Å². The first kappa shape index (κ1) is 24.3. The first-order valence-corrected chi connectivity index (χ1v) is 12.8. The lowest BCUT2D eigenvalue weighted by Crippen LogP contribution is -2.52. The van der Waals surface area contributed by atoms with Gasteiger partial charge in [0.2, 0.25) is 0 Å². The van der Waals surface area contributed by atoms with E-state index >= 15 is 0 Å². The molecule has 0 radical (unpaired) electrons. The predicted molar refractivity (Wildman–Crippen MR) is 126 cm³/mol. The molecule has 0 heterocycles. The second-order valence-electron chi connectivity index (χ2n) is 11.5. The van der Waals surface area contributed by atoms with E-state index in [4.69, 9.17) is 9.90 Å². The topological polar surface area (TPSA) is 80.4 Å². The van der Waals surface area contributed by atoms with Gasteiger partial charge in [0.1, 0.15) is 5.78 Å². The summed E-state index contributed by atoms with van der Waals surface area (Å²) in [6.45, 7) is 10.1. The van der Waals surface area contributed by atoms with E-state index in [1.54, 1.807) is 0 Å². The number of carbonyl (C=O) groups excluding carboxylic acids is 1. The Morgan fingerprint density at radius 1 is 1.19 bits per heavy atom.